The van der Waals surface area contributed by atoms with E-state index >= 15 is 0 Å². The van der Waals surface area contributed by atoms with E-state index in [2.05, 4.69) is 12.2 Å². The molecule has 0 aromatic carbocycles. The fraction of sp³-hybridized carbons (Fsp3) is 0.923. The van der Waals surface area contributed by atoms with Crippen LogP contribution in [0.15, 0.2) is 0 Å². The molecule has 5 heteroatoms. The lowest BCUT2D eigenvalue weighted by molar-refractivity contribution is -0.130. The SMILES string of the molecule is CC1CCC(N)CC1C(=O)NCC1COCCO1. The van der Waals surface area contributed by atoms with E-state index in [4.69, 9.17) is 15.2 Å². The minimum absolute atomic E-state index is 0.00438. The van der Waals surface area contributed by atoms with Crippen LogP contribution in [0.4, 0.5) is 0 Å². The lowest BCUT2D eigenvalue weighted by Crippen LogP contribution is -2.45. The molecule has 104 valence electrons. The highest BCUT2D eigenvalue weighted by Gasteiger charge is 2.31. The van der Waals surface area contributed by atoms with Gasteiger partial charge >= 0.3 is 0 Å². The second-order valence-corrected chi connectivity index (χ2v) is 5.47. The van der Waals surface area contributed by atoms with Crippen molar-refractivity contribution < 1.29 is 14.3 Å². The van der Waals surface area contributed by atoms with E-state index in [1.54, 1.807) is 0 Å². The molecular formula is C13H24N2O3. The molecule has 3 N–H and O–H groups in total. The van der Waals surface area contributed by atoms with E-state index in [1.165, 1.54) is 0 Å². The van der Waals surface area contributed by atoms with Crippen LogP contribution in [0, 0.1) is 11.8 Å². The van der Waals surface area contributed by atoms with Gasteiger partial charge < -0.3 is 20.5 Å². The normalized spacial score (nSPS) is 37.2. The Kier molecular flexibility index (Phi) is 4.97. The van der Waals surface area contributed by atoms with Crippen molar-refractivity contribution in [2.45, 2.75) is 38.3 Å². The first-order valence-electron chi connectivity index (χ1n) is 6.89. The number of rotatable bonds is 3. The van der Waals surface area contributed by atoms with Crippen molar-refractivity contribution >= 4 is 5.91 Å². The zero-order valence-electron chi connectivity index (χ0n) is 11.1. The fourth-order valence-electron chi connectivity index (χ4n) is 2.72. The number of hydrogen-bond acceptors (Lipinski definition) is 4. The summed E-state index contributed by atoms with van der Waals surface area (Å²) in [6.45, 7) is 4.51. The lowest BCUT2D eigenvalue weighted by atomic mass is 9.77. The van der Waals surface area contributed by atoms with E-state index in [0.717, 1.165) is 19.3 Å². The van der Waals surface area contributed by atoms with Crippen molar-refractivity contribution in [3.63, 3.8) is 0 Å². The number of hydrogen-bond donors (Lipinski definition) is 2. The summed E-state index contributed by atoms with van der Waals surface area (Å²) in [5.41, 5.74) is 5.94. The van der Waals surface area contributed by atoms with Gasteiger partial charge in [0, 0.05) is 18.5 Å². The van der Waals surface area contributed by atoms with Crippen LogP contribution < -0.4 is 11.1 Å². The molecule has 4 atom stereocenters. The summed E-state index contributed by atoms with van der Waals surface area (Å²) in [6, 6.07) is 0.172. The lowest BCUT2D eigenvalue weighted by Gasteiger charge is -2.32. The van der Waals surface area contributed by atoms with Crippen LogP contribution in [0.1, 0.15) is 26.2 Å². The fourth-order valence-corrected chi connectivity index (χ4v) is 2.72. The first-order valence-corrected chi connectivity index (χ1v) is 6.89. The van der Waals surface area contributed by atoms with Gasteiger partial charge in [-0.05, 0) is 25.2 Å². The quantitative estimate of drug-likeness (QED) is 0.761. The zero-order chi connectivity index (χ0) is 13.0. The molecular weight excluding hydrogens is 232 g/mol. The Morgan fingerprint density at radius 2 is 2.22 bits per heavy atom. The van der Waals surface area contributed by atoms with Crippen molar-refractivity contribution in [1.29, 1.82) is 0 Å². The van der Waals surface area contributed by atoms with Crippen LogP contribution in [-0.4, -0.2) is 44.4 Å². The largest absolute Gasteiger partial charge is 0.376 e. The molecule has 0 bridgehead atoms. The third-order valence-corrected chi connectivity index (χ3v) is 3.96. The van der Waals surface area contributed by atoms with Crippen molar-refractivity contribution in [2.75, 3.05) is 26.4 Å². The predicted octanol–water partition coefficient (Wildman–Crippen LogP) is 0.282. The molecule has 18 heavy (non-hydrogen) atoms. The summed E-state index contributed by atoms with van der Waals surface area (Å²) in [5, 5.41) is 2.97. The molecule has 2 aliphatic rings. The maximum absolute atomic E-state index is 12.1. The third kappa shape index (κ3) is 3.67. The highest BCUT2D eigenvalue weighted by molar-refractivity contribution is 5.79. The summed E-state index contributed by atoms with van der Waals surface area (Å²) in [7, 11) is 0. The second kappa shape index (κ2) is 6.50. The highest BCUT2D eigenvalue weighted by atomic mass is 16.6. The molecule has 4 unspecified atom stereocenters. The zero-order valence-corrected chi connectivity index (χ0v) is 11.1. The van der Waals surface area contributed by atoms with E-state index in [-0.39, 0.29) is 24.0 Å². The van der Waals surface area contributed by atoms with Gasteiger partial charge in [0.1, 0.15) is 0 Å². The molecule has 1 heterocycles. The average Bonchev–Trinajstić information content (AvgIpc) is 2.40. The Bertz CT molecular complexity index is 279. The van der Waals surface area contributed by atoms with Crippen molar-refractivity contribution in [3.05, 3.63) is 0 Å². The van der Waals surface area contributed by atoms with Crippen LogP contribution in [0.5, 0.6) is 0 Å². The first kappa shape index (κ1) is 13.8. The molecule has 2 fully saturated rings. The molecule has 0 aromatic rings. The topological polar surface area (TPSA) is 73.6 Å². The Morgan fingerprint density at radius 1 is 1.39 bits per heavy atom. The number of carbonyl (C=O) groups is 1. The third-order valence-electron chi connectivity index (χ3n) is 3.96. The summed E-state index contributed by atoms with van der Waals surface area (Å²) in [4.78, 5) is 12.1. The van der Waals surface area contributed by atoms with Crippen LogP contribution in [-0.2, 0) is 14.3 Å². The maximum Gasteiger partial charge on any atom is 0.223 e. The Balaban J connectivity index is 1.75. The van der Waals surface area contributed by atoms with Crippen molar-refractivity contribution in [3.8, 4) is 0 Å². The maximum atomic E-state index is 12.1. The minimum Gasteiger partial charge on any atom is -0.376 e. The molecule has 1 amide bonds. The average molecular weight is 256 g/mol. The summed E-state index contributed by atoms with van der Waals surface area (Å²) in [5.74, 6) is 0.596. The number of carbonyl (C=O) groups excluding carboxylic acids is 1. The summed E-state index contributed by atoms with van der Waals surface area (Å²) in [6.07, 6.45) is 2.87. The van der Waals surface area contributed by atoms with E-state index < -0.39 is 0 Å². The van der Waals surface area contributed by atoms with Gasteiger partial charge in [-0.1, -0.05) is 6.92 Å². The first-order chi connectivity index (χ1) is 8.66. The molecule has 5 nitrogen and oxygen atoms in total. The Hall–Kier alpha value is -0.650. The van der Waals surface area contributed by atoms with Crippen LogP contribution >= 0.6 is 0 Å². The molecule has 1 saturated heterocycles. The molecule has 0 radical (unpaired) electrons. The van der Waals surface area contributed by atoms with Gasteiger partial charge in [-0.25, -0.2) is 0 Å². The monoisotopic (exact) mass is 256 g/mol. The molecule has 1 aliphatic heterocycles. The Morgan fingerprint density at radius 3 is 2.94 bits per heavy atom. The van der Waals surface area contributed by atoms with Gasteiger partial charge in [0.15, 0.2) is 0 Å². The van der Waals surface area contributed by atoms with Gasteiger partial charge in [-0.15, -0.1) is 0 Å². The predicted molar refractivity (Wildman–Crippen MR) is 68.0 cm³/mol. The van der Waals surface area contributed by atoms with Gasteiger partial charge in [-0.3, -0.25) is 4.79 Å². The van der Waals surface area contributed by atoms with Gasteiger partial charge in [0.2, 0.25) is 5.91 Å². The van der Waals surface area contributed by atoms with Crippen LogP contribution in [0.3, 0.4) is 0 Å². The highest BCUT2D eigenvalue weighted by Crippen LogP contribution is 2.29. The van der Waals surface area contributed by atoms with E-state index in [1.807, 2.05) is 0 Å². The second-order valence-electron chi connectivity index (χ2n) is 5.47. The van der Waals surface area contributed by atoms with Gasteiger partial charge in [0.25, 0.3) is 0 Å². The number of nitrogens with two attached hydrogens (primary N) is 1. The number of amides is 1. The van der Waals surface area contributed by atoms with E-state index in [0.29, 0.717) is 32.3 Å². The molecule has 1 aliphatic carbocycles. The van der Waals surface area contributed by atoms with Gasteiger partial charge in [-0.2, -0.15) is 0 Å². The number of nitrogens with one attached hydrogen (secondary N) is 1. The smallest absolute Gasteiger partial charge is 0.223 e. The summed E-state index contributed by atoms with van der Waals surface area (Å²) >= 11 is 0. The van der Waals surface area contributed by atoms with Crippen LogP contribution in [0.2, 0.25) is 0 Å². The van der Waals surface area contributed by atoms with Gasteiger partial charge in [0.05, 0.1) is 25.9 Å². The van der Waals surface area contributed by atoms with Crippen molar-refractivity contribution in [2.24, 2.45) is 17.6 Å². The molecule has 0 aromatic heterocycles. The van der Waals surface area contributed by atoms with Crippen LogP contribution in [0.25, 0.3) is 0 Å². The van der Waals surface area contributed by atoms with Crippen molar-refractivity contribution in [1.82, 2.24) is 5.32 Å². The summed E-state index contributed by atoms with van der Waals surface area (Å²) < 4.78 is 10.8. The standard InChI is InChI=1S/C13H24N2O3/c1-9-2-3-10(14)6-12(9)13(16)15-7-11-8-17-4-5-18-11/h9-12H,2-8,14H2,1H3,(H,15,16). The minimum atomic E-state index is -0.00438. The molecule has 1 saturated carbocycles. The molecule has 2 rings (SSSR count). The Labute approximate surface area is 108 Å². The molecule has 0 spiro atoms. The van der Waals surface area contributed by atoms with E-state index in [9.17, 15) is 4.79 Å². The number of ether oxygens (including phenoxy) is 2.